The van der Waals surface area contributed by atoms with Crippen LogP contribution in [0.5, 0.6) is 0 Å². The molecule has 0 bridgehead atoms. The summed E-state index contributed by atoms with van der Waals surface area (Å²) in [6, 6.07) is 27.8. The highest BCUT2D eigenvalue weighted by atomic mass is 19.1. The van der Waals surface area contributed by atoms with Crippen LogP contribution in [-0.4, -0.2) is 43.5 Å². The van der Waals surface area contributed by atoms with E-state index in [4.69, 9.17) is 4.42 Å². The number of nitriles is 1. The lowest BCUT2D eigenvalue weighted by Crippen LogP contribution is -2.48. The molecular weight excluding hydrogens is 455 g/mol. The standard InChI is InChI=1S/C29H25FN4O2/c30-23-11-13-24(14-12-23)34-17-15-33(16-18-34)20-26(35)32-29-25(19-31)27(21-7-3-1-4-8-21)28(36-29)22-9-5-2-6-10-22/h1-14H,15-18,20H2,(H,32,35). The van der Waals surface area contributed by atoms with E-state index < -0.39 is 0 Å². The van der Waals surface area contributed by atoms with Crippen LogP contribution in [0.4, 0.5) is 16.0 Å². The summed E-state index contributed by atoms with van der Waals surface area (Å²) in [5.41, 5.74) is 3.60. The van der Waals surface area contributed by atoms with Gasteiger partial charge in [-0.25, -0.2) is 4.39 Å². The first-order valence-electron chi connectivity index (χ1n) is 11.8. The maximum atomic E-state index is 13.2. The molecule has 7 heteroatoms. The van der Waals surface area contributed by atoms with E-state index in [9.17, 15) is 14.4 Å². The number of furan rings is 1. The maximum absolute atomic E-state index is 13.2. The molecule has 0 spiro atoms. The number of amides is 1. The first kappa shape index (κ1) is 23.3. The van der Waals surface area contributed by atoms with Crippen LogP contribution in [-0.2, 0) is 4.79 Å². The summed E-state index contributed by atoms with van der Waals surface area (Å²) in [6.07, 6.45) is 0. The minimum atomic E-state index is -0.255. The quantitative estimate of drug-likeness (QED) is 0.401. The molecule has 1 aromatic heterocycles. The van der Waals surface area contributed by atoms with Gasteiger partial charge in [0.2, 0.25) is 11.8 Å². The van der Waals surface area contributed by atoms with E-state index in [1.54, 1.807) is 12.1 Å². The zero-order valence-corrected chi connectivity index (χ0v) is 19.7. The van der Waals surface area contributed by atoms with Crippen LogP contribution in [0, 0.1) is 17.1 Å². The molecule has 1 fully saturated rings. The molecule has 1 amide bonds. The van der Waals surface area contributed by atoms with Crippen molar-refractivity contribution in [2.24, 2.45) is 0 Å². The van der Waals surface area contributed by atoms with E-state index in [0.717, 1.165) is 29.9 Å². The van der Waals surface area contributed by atoms with Crippen LogP contribution in [0.1, 0.15) is 5.56 Å². The Labute approximate surface area is 209 Å². The number of benzene rings is 3. The molecule has 1 aliphatic rings. The molecule has 0 atom stereocenters. The van der Waals surface area contributed by atoms with E-state index in [2.05, 4.69) is 21.2 Å². The van der Waals surface area contributed by atoms with Gasteiger partial charge in [0.25, 0.3) is 0 Å². The average molecular weight is 481 g/mol. The van der Waals surface area contributed by atoms with E-state index in [-0.39, 0.29) is 24.2 Å². The van der Waals surface area contributed by atoms with Crippen molar-refractivity contribution in [2.45, 2.75) is 0 Å². The fraction of sp³-hybridized carbons (Fsp3) is 0.172. The van der Waals surface area contributed by atoms with Gasteiger partial charge in [0, 0.05) is 43.0 Å². The molecule has 1 saturated heterocycles. The van der Waals surface area contributed by atoms with E-state index >= 15 is 0 Å². The Bertz CT molecular complexity index is 1370. The summed E-state index contributed by atoms with van der Waals surface area (Å²) in [7, 11) is 0. The minimum absolute atomic E-state index is 0.158. The molecule has 0 unspecified atom stereocenters. The van der Waals surface area contributed by atoms with Gasteiger partial charge in [0.1, 0.15) is 23.2 Å². The van der Waals surface area contributed by atoms with Crippen molar-refractivity contribution >= 4 is 17.5 Å². The van der Waals surface area contributed by atoms with E-state index in [0.29, 0.717) is 30.0 Å². The molecule has 6 nitrogen and oxygen atoms in total. The Morgan fingerprint density at radius 1 is 0.889 bits per heavy atom. The third kappa shape index (κ3) is 4.99. The van der Waals surface area contributed by atoms with Gasteiger partial charge in [-0.1, -0.05) is 60.7 Å². The smallest absolute Gasteiger partial charge is 0.240 e. The van der Waals surface area contributed by atoms with Crippen LogP contribution in [0.15, 0.2) is 89.3 Å². The lowest BCUT2D eigenvalue weighted by atomic mass is 9.98. The summed E-state index contributed by atoms with van der Waals surface area (Å²) in [5, 5.41) is 12.8. The number of carbonyl (C=O) groups excluding carboxylic acids is 1. The lowest BCUT2D eigenvalue weighted by molar-refractivity contribution is -0.117. The molecular formula is C29H25FN4O2. The molecule has 1 N–H and O–H groups in total. The van der Waals surface area contributed by atoms with Crippen LogP contribution in [0.25, 0.3) is 22.5 Å². The summed E-state index contributed by atoms with van der Waals surface area (Å²) >= 11 is 0. The second-order valence-electron chi connectivity index (χ2n) is 8.64. The Hall–Kier alpha value is -4.41. The number of piperazine rings is 1. The highest BCUT2D eigenvalue weighted by Crippen LogP contribution is 2.41. The maximum Gasteiger partial charge on any atom is 0.240 e. The molecule has 4 aromatic rings. The predicted molar refractivity (Wildman–Crippen MR) is 138 cm³/mol. The number of nitrogens with zero attached hydrogens (tertiary/aromatic N) is 3. The monoisotopic (exact) mass is 480 g/mol. The number of rotatable bonds is 6. The highest BCUT2D eigenvalue weighted by molar-refractivity contribution is 5.96. The molecule has 5 rings (SSSR count). The molecule has 1 aliphatic heterocycles. The Kier molecular flexibility index (Phi) is 6.78. The van der Waals surface area contributed by atoms with Crippen molar-refractivity contribution in [2.75, 3.05) is 42.9 Å². The fourth-order valence-corrected chi connectivity index (χ4v) is 4.48. The third-order valence-corrected chi connectivity index (χ3v) is 6.30. The van der Waals surface area contributed by atoms with Gasteiger partial charge in [-0.15, -0.1) is 0 Å². The Morgan fingerprint density at radius 3 is 2.11 bits per heavy atom. The van der Waals surface area contributed by atoms with E-state index in [1.807, 2.05) is 60.7 Å². The van der Waals surface area contributed by atoms with Crippen LogP contribution >= 0.6 is 0 Å². The van der Waals surface area contributed by atoms with Crippen molar-refractivity contribution in [1.82, 2.24) is 4.90 Å². The van der Waals surface area contributed by atoms with Crippen LogP contribution < -0.4 is 10.2 Å². The molecule has 0 radical (unpaired) electrons. The third-order valence-electron chi connectivity index (χ3n) is 6.30. The summed E-state index contributed by atoms with van der Waals surface area (Å²) in [4.78, 5) is 17.2. The number of hydrogen-bond donors (Lipinski definition) is 1. The molecule has 3 aromatic carbocycles. The molecule has 36 heavy (non-hydrogen) atoms. The minimum Gasteiger partial charge on any atom is -0.438 e. The zero-order valence-electron chi connectivity index (χ0n) is 19.7. The number of hydrogen-bond acceptors (Lipinski definition) is 5. The van der Waals surface area contributed by atoms with E-state index in [1.165, 1.54) is 12.1 Å². The SMILES string of the molecule is N#Cc1c(NC(=O)CN2CCN(c3ccc(F)cc3)CC2)oc(-c2ccccc2)c1-c1ccccc1. The molecule has 2 heterocycles. The number of halogens is 1. The second kappa shape index (κ2) is 10.5. The van der Waals surface area contributed by atoms with Gasteiger partial charge < -0.3 is 9.32 Å². The first-order valence-corrected chi connectivity index (χ1v) is 11.8. The van der Waals surface area contributed by atoms with Gasteiger partial charge in [-0.2, -0.15) is 5.26 Å². The predicted octanol–water partition coefficient (Wildman–Crippen LogP) is 5.39. The first-order chi connectivity index (χ1) is 17.6. The van der Waals surface area contributed by atoms with Crippen molar-refractivity contribution in [3.63, 3.8) is 0 Å². The average Bonchev–Trinajstić information content (AvgIpc) is 3.28. The molecule has 0 aliphatic carbocycles. The summed E-state index contributed by atoms with van der Waals surface area (Å²) in [6.45, 7) is 3.04. The highest BCUT2D eigenvalue weighted by Gasteiger charge is 2.25. The molecule has 180 valence electrons. The van der Waals surface area contributed by atoms with Gasteiger partial charge in [0.15, 0.2) is 0 Å². The Morgan fingerprint density at radius 2 is 1.50 bits per heavy atom. The van der Waals surface area contributed by atoms with Crippen molar-refractivity contribution in [1.29, 1.82) is 5.26 Å². The van der Waals surface area contributed by atoms with Crippen LogP contribution in [0.2, 0.25) is 0 Å². The van der Waals surface area contributed by atoms with Crippen molar-refractivity contribution < 1.29 is 13.6 Å². The summed E-state index contributed by atoms with van der Waals surface area (Å²) < 4.78 is 19.3. The van der Waals surface area contributed by atoms with Gasteiger partial charge in [-0.05, 0) is 29.8 Å². The normalized spacial score (nSPS) is 13.8. The van der Waals surface area contributed by atoms with Crippen molar-refractivity contribution in [3.05, 3.63) is 96.3 Å². The van der Waals surface area contributed by atoms with Gasteiger partial charge >= 0.3 is 0 Å². The van der Waals surface area contributed by atoms with Crippen molar-refractivity contribution in [3.8, 4) is 28.5 Å². The van der Waals surface area contributed by atoms with Gasteiger partial charge in [0.05, 0.1) is 6.54 Å². The Balaban J connectivity index is 1.32. The second-order valence-corrected chi connectivity index (χ2v) is 8.64. The molecule has 0 saturated carbocycles. The van der Waals surface area contributed by atoms with Gasteiger partial charge in [-0.3, -0.25) is 15.0 Å². The zero-order chi connectivity index (χ0) is 24.9. The number of anilines is 2. The number of nitrogens with one attached hydrogen (secondary N) is 1. The lowest BCUT2D eigenvalue weighted by Gasteiger charge is -2.35. The van der Waals surface area contributed by atoms with Crippen LogP contribution in [0.3, 0.4) is 0 Å². The topological polar surface area (TPSA) is 72.5 Å². The summed E-state index contributed by atoms with van der Waals surface area (Å²) in [5.74, 6) is 0.205. The number of carbonyl (C=O) groups is 1. The fourth-order valence-electron chi connectivity index (χ4n) is 4.48. The largest absolute Gasteiger partial charge is 0.438 e.